The number of nitrogens with zero attached hydrogens (tertiary/aromatic N) is 1. The van der Waals surface area contributed by atoms with Crippen molar-refractivity contribution in [3.8, 4) is 0 Å². The number of rotatable bonds is 5. The summed E-state index contributed by atoms with van der Waals surface area (Å²) in [5.41, 5.74) is 0.822. The smallest absolute Gasteiger partial charge is 0.212 e. The monoisotopic (exact) mass is 295 g/mol. The lowest BCUT2D eigenvalue weighted by molar-refractivity contribution is 0.345. The van der Waals surface area contributed by atoms with E-state index in [1.807, 2.05) is 18.2 Å². The fourth-order valence-corrected chi connectivity index (χ4v) is 4.55. The Bertz CT molecular complexity index is 535. The summed E-state index contributed by atoms with van der Waals surface area (Å²) in [5.74, 6) is 0.114. The van der Waals surface area contributed by atoms with Gasteiger partial charge in [0, 0.05) is 36.4 Å². The van der Waals surface area contributed by atoms with Crippen LogP contribution in [0.3, 0.4) is 0 Å². The predicted molar refractivity (Wildman–Crippen MR) is 77.8 cm³/mol. The minimum Gasteiger partial charge on any atom is -0.311 e. The summed E-state index contributed by atoms with van der Waals surface area (Å²) < 4.78 is 27.2. The largest absolute Gasteiger partial charge is 0.311 e. The van der Waals surface area contributed by atoms with Crippen molar-refractivity contribution >= 4 is 10.0 Å². The van der Waals surface area contributed by atoms with E-state index in [1.165, 1.54) is 12.8 Å². The second-order valence-corrected chi connectivity index (χ2v) is 7.69. The highest BCUT2D eigenvalue weighted by molar-refractivity contribution is 7.89. The average Bonchev–Trinajstić information content (AvgIpc) is 2.77. The first-order chi connectivity index (χ1) is 9.61. The minimum atomic E-state index is -3.22. The van der Waals surface area contributed by atoms with Crippen LogP contribution in [0.15, 0.2) is 24.4 Å². The molecule has 0 radical (unpaired) electrons. The normalized spacial score (nSPS) is 29.5. The Balaban J connectivity index is 1.53. The Kier molecular flexibility index (Phi) is 4.05. The van der Waals surface area contributed by atoms with Crippen molar-refractivity contribution < 1.29 is 8.42 Å². The van der Waals surface area contributed by atoms with Crippen molar-refractivity contribution in [2.45, 2.75) is 50.2 Å². The van der Waals surface area contributed by atoms with E-state index >= 15 is 0 Å². The van der Waals surface area contributed by atoms with Gasteiger partial charge in [-0.25, -0.2) is 13.1 Å². The topological polar surface area (TPSA) is 71.1 Å². The summed E-state index contributed by atoms with van der Waals surface area (Å²) >= 11 is 0. The third kappa shape index (κ3) is 3.56. The number of piperidine rings is 1. The van der Waals surface area contributed by atoms with Crippen molar-refractivity contribution in [1.82, 2.24) is 15.0 Å². The van der Waals surface area contributed by atoms with Gasteiger partial charge in [-0.05, 0) is 37.8 Å². The first kappa shape index (κ1) is 14.0. The molecule has 5 nitrogen and oxygen atoms in total. The minimum absolute atomic E-state index is 0.0995. The molecule has 2 atom stereocenters. The lowest BCUT2D eigenvalue weighted by Crippen LogP contribution is -2.48. The molecular weight excluding hydrogens is 274 g/mol. The van der Waals surface area contributed by atoms with Gasteiger partial charge in [0.2, 0.25) is 10.0 Å². The molecule has 0 saturated carbocycles. The van der Waals surface area contributed by atoms with Crippen molar-refractivity contribution in [2.75, 3.05) is 5.75 Å². The van der Waals surface area contributed by atoms with Crippen LogP contribution >= 0.6 is 0 Å². The molecule has 110 valence electrons. The zero-order chi connectivity index (χ0) is 14.0. The Hall–Kier alpha value is -0.980. The highest BCUT2D eigenvalue weighted by Crippen LogP contribution is 2.27. The number of sulfonamides is 1. The van der Waals surface area contributed by atoms with Crippen LogP contribution in [-0.2, 0) is 16.4 Å². The molecule has 2 aliphatic rings. The van der Waals surface area contributed by atoms with Gasteiger partial charge in [0.15, 0.2) is 0 Å². The summed E-state index contributed by atoms with van der Waals surface area (Å²) in [6.45, 7) is 0. The van der Waals surface area contributed by atoms with E-state index in [2.05, 4.69) is 15.0 Å². The lowest BCUT2D eigenvalue weighted by Gasteiger charge is -2.29. The van der Waals surface area contributed by atoms with Gasteiger partial charge >= 0.3 is 0 Å². The molecule has 3 rings (SSSR count). The Labute approximate surface area is 120 Å². The molecule has 1 aromatic heterocycles. The van der Waals surface area contributed by atoms with Gasteiger partial charge < -0.3 is 5.32 Å². The van der Waals surface area contributed by atoms with Crippen LogP contribution in [0.4, 0.5) is 0 Å². The Morgan fingerprint density at radius 3 is 2.65 bits per heavy atom. The molecule has 6 heteroatoms. The molecule has 1 aromatic rings. The van der Waals surface area contributed by atoms with Crippen LogP contribution in [0.1, 0.15) is 31.4 Å². The first-order valence-corrected chi connectivity index (χ1v) is 8.92. The Morgan fingerprint density at radius 1 is 1.25 bits per heavy atom. The number of nitrogens with one attached hydrogen (secondary N) is 2. The molecule has 2 fully saturated rings. The highest BCUT2D eigenvalue weighted by Gasteiger charge is 2.34. The quantitative estimate of drug-likeness (QED) is 0.844. The molecule has 2 unspecified atom stereocenters. The number of aromatic nitrogens is 1. The second kappa shape index (κ2) is 5.79. The Morgan fingerprint density at radius 2 is 2.00 bits per heavy atom. The molecular formula is C14H21N3O2S. The SMILES string of the molecule is O=S(=O)(CCc1ccccn1)NC1CC2CCC(C1)N2. The van der Waals surface area contributed by atoms with Crippen LogP contribution in [0.2, 0.25) is 0 Å². The van der Waals surface area contributed by atoms with E-state index in [0.29, 0.717) is 18.5 Å². The number of fused-ring (bicyclic) bond motifs is 2. The highest BCUT2D eigenvalue weighted by atomic mass is 32.2. The molecule has 3 heterocycles. The summed E-state index contributed by atoms with van der Waals surface area (Å²) in [7, 11) is -3.22. The number of hydrogen-bond acceptors (Lipinski definition) is 4. The number of pyridine rings is 1. The molecule has 2 bridgehead atoms. The lowest BCUT2D eigenvalue weighted by atomic mass is 10.0. The number of hydrogen-bond donors (Lipinski definition) is 2. The van der Waals surface area contributed by atoms with Crippen LogP contribution in [-0.4, -0.2) is 37.3 Å². The average molecular weight is 295 g/mol. The fraction of sp³-hybridized carbons (Fsp3) is 0.643. The van der Waals surface area contributed by atoms with Crippen LogP contribution in [0.25, 0.3) is 0 Å². The molecule has 0 amide bonds. The van der Waals surface area contributed by atoms with Gasteiger partial charge in [0.05, 0.1) is 5.75 Å². The maximum atomic E-state index is 12.1. The molecule has 2 N–H and O–H groups in total. The van der Waals surface area contributed by atoms with E-state index in [9.17, 15) is 8.42 Å². The first-order valence-electron chi connectivity index (χ1n) is 7.27. The third-order valence-electron chi connectivity index (χ3n) is 4.17. The molecule has 0 aliphatic carbocycles. The van der Waals surface area contributed by atoms with Crippen LogP contribution < -0.4 is 10.0 Å². The van der Waals surface area contributed by atoms with Crippen molar-refractivity contribution in [2.24, 2.45) is 0 Å². The van der Waals surface area contributed by atoms with Gasteiger partial charge in [-0.2, -0.15) is 0 Å². The maximum absolute atomic E-state index is 12.1. The van der Waals surface area contributed by atoms with E-state index in [1.54, 1.807) is 6.20 Å². The molecule has 20 heavy (non-hydrogen) atoms. The maximum Gasteiger partial charge on any atom is 0.212 e. The zero-order valence-electron chi connectivity index (χ0n) is 11.5. The van der Waals surface area contributed by atoms with Crippen molar-refractivity contribution in [3.63, 3.8) is 0 Å². The second-order valence-electron chi connectivity index (χ2n) is 5.81. The van der Waals surface area contributed by atoms with E-state index in [-0.39, 0.29) is 11.8 Å². The summed E-state index contributed by atoms with van der Waals surface area (Å²) in [6.07, 6.45) is 6.35. The summed E-state index contributed by atoms with van der Waals surface area (Å²) in [4.78, 5) is 4.16. The van der Waals surface area contributed by atoms with Gasteiger partial charge in [-0.3, -0.25) is 4.98 Å². The molecule has 0 aromatic carbocycles. The van der Waals surface area contributed by atoms with E-state index in [0.717, 1.165) is 18.5 Å². The van der Waals surface area contributed by atoms with Crippen molar-refractivity contribution in [3.05, 3.63) is 30.1 Å². The van der Waals surface area contributed by atoms with Gasteiger partial charge in [-0.15, -0.1) is 0 Å². The van der Waals surface area contributed by atoms with Gasteiger partial charge in [0.25, 0.3) is 0 Å². The van der Waals surface area contributed by atoms with E-state index in [4.69, 9.17) is 0 Å². The summed E-state index contributed by atoms with van der Waals surface area (Å²) in [5, 5.41) is 3.52. The zero-order valence-corrected chi connectivity index (χ0v) is 12.3. The fourth-order valence-electron chi connectivity index (χ4n) is 3.25. The molecule has 2 saturated heterocycles. The van der Waals surface area contributed by atoms with Crippen molar-refractivity contribution in [1.29, 1.82) is 0 Å². The van der Waals surface area contributed by atoms with E-state index < -0.39 is 10.0 Å². The standard InChI is InChI=1S/C14H21N3O2S/c18-20(19,8-6-11-3-1-2-7-15-11)17-14-9-12-4-5-13(10-14)16-12/h1-3,7,12-14,16-17H,4-6,8-10H2. The third-order valence-corrected chi connectivity index (χ3v) is 5.61. The summed E-state index contributed by atoms with van der Waals surface area (Å²) in [6, 6.07) is 6.67. The van der Waals surface area contributed by atoms with Crippen LogP contribution in [0.5, 0.6) is 0 Å². The molecule has 0 spiro atoms. The number of aryl methyl sites for hydroxylation is 1. The van der Waals surface area contributed by atoms with Gasteiger partial charge in [0.1, 0.15) is 0 Å². The predicted octanol–water partition coefficient (Wildman–Crippen LogP) is 0.827. The van der Waals surface area contributed by atoms with Crippen LogP contribution in [0, 0.1) is 0 Å². The van der Waals surface area contributed by atoms with Gasteiger partial charge in [-0.1, -0.05) is 6.07 Å². The molecule has 2 aliphatic heterocycles.